The largest absolute Gasteiger partial charge is 0.477 e. The minimum atomic E-state index is -1.92. The highest BCUT2D eigenvalue weighted by Gasteiger charge is 2.37. The molecule has 0 bridgehead atoms. The zero-order valence-corrected chi connectivity index (χ0v) is 29.7. The van der Waals surface area contributed by atoms with Crippen LogP contribution in [0.5, 0.6) is 0 Å². The molecule has 45 heavy (non-hydrogen) atoms. The first kappa shape index (κ1) is 33.9. The SMILES string of the molecule is Cc1c2c(nn1C)C(CCN1CCOCC1)OC/C=C\Cn1c(C(=O)O)c(CCCO[Si](C)(C)C(C)(C)C)c3ccc(Cl)c-2c31. The summed E-state index contributed by atoms with van der Waals surface area (Å²) < 4.78 is 22.3. The van der Waals surface area contributed by atoms with Gasteiger partial charge in [0.25, 0.3) is 0 Å². The number of halogens is 1. The second-order valence-electron chi connectivity index (χ2n) is 13.8. The predicted molar refractivity (Wildman–Crippen MR) is 182 cm³/mol. The maximum absolute atomic E-state index is 13.0. The number of carboxylic acid groups (broad SMARTS) is 1. The lowest BCUT2D eigenvalue weighted by Crippen LogP contribution is -2.41. The van der Waals surface area contributed by atoms with E-state index in [-0.39, 0.29) is 11.1 Å². The van der Waals surface area contributed by atoms with E-state index in [0.29, 0.717) is 36.9 Å². The first-order chi connectivity index (χ1) is 21.3. The normalized spacial score (nSPS) is 19.0. The van der Waals surface area contributed by atoms with E-state index in [2.05, 4.69) is 38.8 Å². The molecule has 0 saturated carbocycles. The van der Waals surface area contributed by atoms with Crippen molar-refractivity contribution in [2.24, 2.45) is 7.05 Å². The number of nitrogens with zero attached hydrogens (tertiary/aromatic N) is 4. The molecule has 0 spiro atoms. The molecular formula is C34H49ClN4O5Si. The highest BCUT2D eigenvalue weighted by atomic mass is 35.5. The van der Waals surface area contributed by atoms with Crippen LogP contribution in [0.1, 0.15) is 67.2 Å². The lowest BCUT2D eigenvalue weighted by atomic mass is 9.95. The van der Waals surface area contributed by atoms with Crippen LogP contribution in [0.15, 0.2) is 24.3 Å². The van der Waals surface area contributed by atoms with Crippen molar-refractivity contribution in [1.29, 1.82) is 0 Å². The van der Waals surface area contributed by atoms with Crippen LogP contribution >= 0.6 is 11.6 Å². The summed E-state index contributed by atoms with van der Waals surface area (Å²) in [5.74, 6) is -0.945. The fraction of sp³-hybridized carbons (Fsp3) is 0.588. The van der Waals surface area contributed by atoms with E-state index in [1.807, 2.05) is 47.5 Å². The highest BCUT2D eigenvalue weighted by Crippen LogP contribution is 2.44. The Morgan fingerprint density at radius 1 is 1.18 bits per heavy atom. The van der Waals surface area contributed by atoms with Gasteiger partial charge >= 0.3 is 5.97 Å². The summed E-state index contributed by atoms with van der Waals surface area (Å²) in [5.41, 5.74) is 5.49. The highest BCUT2D eigenvalue weighted by molar-refractivity contribution is 6.74. The van der Waals surface area contributed by atoms with Crippen LogP contribution in [0.3, 0.4) is 0 Å². The molecule has 5 rings (SSSR count). The molecule has 1 atom stereocenters. The molecule has 246 valence electrons. The number of fused-ring (bicyclic) bond motifs is 2. The summed E-state index contributed by atoms with van der Waals surface area (Å²) in [6.45, 7) is 18.8. The van der Waals surface area contributed by atoms with Crippen molar-refractivity contribution in [2.75, 3.05) is 46.1 Å². The lowest BCUT2D eigenvalue weighted by Gasteiger charge is -2.36. The van der Waals surface area contributed by atoms with E-state index in [4.69, 9.17) is 30.6 Å². The molecule has 0 amide bonds. The Bertz CT molecular complexity index is 1560. The predicted octanol–water partition coefficient (Wildman–Crippen LogP) is 7.01. The average Bonchev–Trinajstić information content (AvgIpc) is 3.44. The Kier molecular flexibility index (Phi) is 10.3. The van der Waals surface area contributed by atoms with Crippen molar-refractivity contribution < 1.29 is 23.8 Å². The Morgan fingerprint density at radius 2 is 1.91 bits per heavy atom. The number of carbonyl (C=O) groups is 1. The van der Waals surface area contributed by atoms with Gasteiger partial charge in [0, 0.05) is 62.0 Å². The summed E-state index contributed by atoms with van der Waals surface area (Å²) in [5, 5.41) is 17.2. The maximum atomic E-state index is 13.0. The van der Waals surface area contributed by atoms with Crippen LogP contribution in [0.4, 0.5) is 0 Å². The van der Waals surface area contributed by atoms with E-state index in [1.165, 1.54) is 0 Å². The molecule has 1 saturated heterocycles. The first-order valence-corrected chi connectivity index (χ1v) is 19.4. The van der Waals surface area contributed by atoms with Gasteiger partial charge in [-0.1, -0.05) is 50.6 Å². The van der Waals surface area contributed by atoms with Gasteiger partial charge in [0.15, 0.2) is 8.32 Å². The van der Waals surface area contributed by atoms with Gasteiger partial charge in [-0.2, -0.15) is 5.10 Å². The summed E-state index contributed by atoms with van der Waals surface area (Å²) in [4.78, 5) is 15.4. The number of benzene rings is 1. The molecule has 11 heteroatoms. The summed E-state index contributed by atoms with van der Waals surface area (Å²) in [7, 11) is 0.0247. The van der Waals surface area contributed by atoms with Gasteiger partial charge in [0.05, 0.1) is 36.1 Å². The zero-order valence-electron chi connectivity index (χ0n) is 27.9. The van der Waals surface area contributed by atoms with E-state index in [1.54, 1.807) is 0 Å². The van der Waals surface area contributed by atoms with Crippen molar-refractivity contribution in [3.05, 3.63) is 52.0 Å². The molecule has 4 heterocycles. The van der Waals surface area contributed by atoms with Gasteiger partial charge in [-0.25, -0.2) is 4.79 Å². The number of aromatic nitrogens is 3. The molecule has 2 aliphatic rings. The van der Waals surface area contributed by atoms with Crippen molar-refractivity contribution in [3.8, 4) is 11.1 Å². The number of aromatic carboxylic acids is 1. The fourth-order valence-corrected chi connectivity index (χ4v) is 7.55. The third-order valence-electron chi connectivity index (χ3n) is 9.90. The molecule has 1 fully saturated rings. The molecule has 3 aromatic rings. The van der Waals surface area contributed by atoms with Crippen LogP contribution in [0.25, 0.3) is 22.0 Å². The van der Waals surface area contributed by atoms with Gasteiger partial charge in [-0.05, 0) is 55.9 Å². The molecule has 9 nitrogen and oxygen atoms in total. The van der Waals surface area contributed by atoms with E-state index in [9.17, 15) is 9.90 Å². The molecule has 2 aromatic heterocycles. The lowest BCUT2D eigenvalue weighted by molar-refractivity contribution is 0.0176. The minimum absolute atomic E-state index is 0.112. The minimum Gasteiger partial charge on any atom is -0.477 e. The number of morpholine rings is 1. The Balaban J connectivity index is 1.61. The Labute approximate surface area is 273 Å². The number of hydrogen-bond acceptors (Lipinski definition) is 6. The van der Waals surface area contributed by atoms with Crippen molar-refractivity contribution >= 4 is 36.8 Å². The molecular weight excluding hydrogens is 608 g/mol. The third kappa shape index (κ3) is 6.96. The molecule has 0 radical (unpaired) electrons. The van der Waals surface area contributed by atoms with Gasteiger partial charge in [0.1, 0.15) is 11.8 Å². The second-order valence-corrected chi connectivity index (χ2v) is 19.0. The zero-order chi connectivity index (χ0) is 32.5. The van der Waals surface area contributed by atoms with Crippen molar-refractivity contribution in [2.45, 2.75) is 77.7 Å². The number of aryl methyl sites for hydroxylation is 2. The second kappa shape index (κ2) is 13.7. The standard InChI is InChI=1S/C34H49ClN4O5Si/c1-23-28-29-26(35)13-12-25-24(11-10-20-44-45(6,7)34(2,3)4)32(33(40)41)39(31(25)29)15-8-9-19-43-27(30(28)36-37(23)5)14-16-38-17-21-42-22-18-38/h8-9,12-13,27H,10-11,14-22H2,1-7H3,(H,40,41)/b9-8-. The summed E-state index contributed by atoms with van der Waals surface area (Å²) in [6.07, 6.45) is 5.81. The maximum Gasteiger partial charge on any atom is 0.352 e. The van der Waals surface area contributed by atoms with Crippen LogP contribution < -0.4 is 0 Å². The number of hydrogen-bond donors (Lipinski definition) is 1. The van der Waals surface area contributed by atoms with Gasteiger partial charge in [0.2, 0.25) is 0 Å². The van der Waals surface area contributed by atoms with E-state index >= 15 is 0 Å². The van der Waals surface area contributed by atoms with Crippen molar-refractivity contribution in [3.63, 3.8) is 0 Å². The van der Waals surface area contributed by atoms with Gasteiger partial charge in [-0.3, -0.25) is 9.58 Å². The van der Waals surface area contributed by atoms with Crippen molar-refractivity contribution in [1.82, 2.24) is 19.2 Å². The topological polar surface area (TPSA) is 91.0 Å². The smallest absolute Gasteiger partial charge is 0.352 e. The van der Waals surface area contributed by atoms with Crippen LogP contribution in [-0.4, -0.2) is 84.7 Å². The molecule has 2 aliphatic heterocycles. The average molecular weight is 657 g/mol. The molecule has 1 N–H and O–H groups in total. The molecule has 0 aliphatic carbocycles. The Hall–Kier alpha value is -2.47. The monoisotopic (exact) mass is 656 g/mol. The number of rotatable bonds is 9. The summed E-state index contributed by atoms with van der Waals surface area (Å²) >= 11 is 7.09. The van der Waals surface area contributed by atoms with Crippen LogP contribution in [0, 0.1) is 6.92 Å². The fourth-order valence-electron chi connectivity index (χ4n) is 6.21. The Morgan fingerprint density at radius 3 is 2.60 bits per heavy atom. The van der Waals surface area contributed by atoms with Crippen LogP contribution in [0.2, 0.25) is 23.2 Å². The van der Waals surface area contributed by atoms with Crippen LogP contribution in [-0.2, 0) is 33.9 Å². The molecule has 1 unspecified atom stereocenters. The number of allylic oxidation sites excluding steroid dienone is 1. The van der Waals surface area contributed by atoms with Gasteiger partial charge in [-0.15, -0.1) is 0 Å². The van der Waals surface area contributed by atoms with Gasteiger partial charge < -0.3 is 23.6 Å². The number of ether oxygens (including phenoxy) is 2. The quantitative estimate of drug-likeness (QED) is 0.151. The third-order valence-corrected chi connectivity index (χ3v) is 14.7. The summed E-state index contributed by atoms with van der Waals surface area (Å²) in [6, 6.07) is 3.88. The number of carboxylic acids is 1. The van der Waals surface area contributed by atoms with E-state index < -0.39 is 14.3 Å². The first-order valence-electron chi connectivity index (χ1n) is 16.1. The van der Waals surface area contributed by atoms with E-state index in [0.717, 1.165) is 84.7 Å². The molecule has 1 aromatic carbocycles.